The van der Waals surface area contributed by atoms with Crippen molar-refractivity contribution in [2.75, 3.05) is 22.1 Å². The largest absolute Gasteiger partial charge is 0.389 e. The summed E-state index contributed by atoms with van der Waals surface area (Å²) in [5.41, 5.74) is 1.44. The molecule has 6 nitrogen and oxygen atoms in total. The van der Waals surface area contributed by atoms with Crippen LogP contribution in [-0.2, 0) is 9.59 Å². The lowest BCUT2D eigenvalue weighted by Gasteiger charge is -2.07. The number of amides is 2. The van der Waals surface area contributed by atoms with Gasteiger partial charge in [0.25, 0.3) is 0 Å². The molecule has 34 heavy (non-hydrogen) atoms. The van der Waals surface area contributed by atoms with Gasteiger partial charge < -0.3 is 20.8 Å². The highest BCUT2D eigenvalue weighted by Gasteiger charge is 2.08. The van der Waals surface area contributed by atoms with Crippen LogP contribution in [0.3, 0.4) is 0 Å². The Bertz CT molecular complexity index is 832. The second-order valence-corrected chi connectivity index (χ2v) is 10.2. The van der Waals surface area contributed by atoms with Gasteiger partial charge in [0.2, 0.25) is 11.8 Å². The van der Waals surface area contributed by atoms with E-state index in [1.165, 1.54) is 0 Å². The highest BCUT2D eigenvalue weighted by atomic mass is 33.1. The van der Waals surface area contributed by atoms with Crippen LogP contribution in [0.15, 0.2) is 85.0 Å². The maximum Gasteiger partial charge on any atom is 0.227 e. The van der Waals surface area contributed by atoms with Gasteiger partial charge in [-0.1, -0.05) is 82.3 Å². The molecule has 0 fully saturated rings. The average molecular weight is 501 g/mol. The van der Waals surface area contributed by atoms with Gasteiger partial charge in [-0.2, -0.15) is 0 Å². The Balaban J connectivity index is 1.46. The summed E-state index contributed by atoms with van der Waals surface area (Å²) in [6.45, 7) is 0. The van der Waals surface area contributed by atoms with Gasteiger partial charge in [-0.15, -0.1) is 0 Å². The lowest BCUT2D eigenvalue weighted by atomic mass is 10.2. The van der Waals surface area contributed by atoms with Crippen LogP contribution in [0.1, 0.15) is 25.7 Å². The van der Waals surface area contributed by atoms with Crippen molar-refractivity contribution in [2.45, 2.75) is 37.9 Å². The van der Waals surface area contributed by atoms with E-state index in [0.717, 1.165) is 35.7 Å². The Hall–Kier alpha value is -2.52. The summed E-state index contributed by atoms with van der Waals surface area (Å²) >= 11 is 0. The third-order valence-electron chi connectivity index (χ3n) is 4.44. The van der Waals surface area contributed by atoms with Crippen molar-refractivity contribution < 1.29 is 19.8 Å². The zero-order chi connectivity index (χ0) is 24.4. The van der Waals surface area contributed by atoms with Crippen LogP contribution in [0, 0.1) is 0 Å². The van der Waals surface area contributed by atoms with Gasteiger partial charge in [-0.3, -0.25) is 9.59 Å². The van der Waals surface area contributed by atoms with Crippen LogP contribution < -0.4 is 10.6 Å². The van der Waals surface area contributed by atoms with E-state index < -0.39 is 12.2 Å². The van der Waals surface area contributed by atoms with Crippen molar-refractivity contribution in [3.63, 3.8) is 0 Å². The van der Waals surface area contributed by atoms with E-state index >= 15 is 0 Å². The molecule has 0 radical (unpaired) electrons. The van der Waals surface area contributed by atoms with E-state index in [2.05, 4.69) is 10.6 Å². The van der Waals surface area contributed by atoms with Gasteiger partial charge in [0, 0.05) is 22.9 Å². The summed E-state index contributed by atoms with van der Waals surface area (Å²) in [4.78, 5) is 23.8. The Labute approximate surface area is 209 Å². The van der Waals surface area contributed by atoms with Crippen LogP contribution in [0.2, 0.25) is 0 Å². The van der Waals surface area contributed by atoms with Crippen molar-refractivity contribution in [3.05, 3.63) is 85.0 Å². The van der Waals surface area contributed by atoms with Crippen molar-refractivity contribution in [1.82, 2.24) is 0 Å². The molecule has 0 aliphatic rings. The number of aliphatic hydroxyl groups excluding tert-OH is 2. The van der Waals surface area contributed by atoms with Gasteiger partial charge >= 0.3 is 0 Å². The molecule has 0 spiro atoms. The minimum atomic E-state index is -0.798. The van der Waals surface area contributed by atoms with E-state index in [9.17, 15) is 19.8 Å². The topological polar surface area (TPSA) is 98.7 Å². The normalized spacial score (nSPS) is 13.1. The highest BCUT2D eigenvalue weighted by Crippen LogP contribution is 2.23. The van der Waals surface area contributed by atoms with Gasteiger partial charge in [-0.25, -0.2) is 0 Å². The molecule has 182 valence electrons. The number of nitrogens with one attached hydrogen (secondary N) is 2. The third-order valence-corrected chi connectivity index (χ3v) is 6.91. The number of carbonyl (C=O) groups excluding carboxylic acids is 2. The molecule has 0 saturated heterocycles. The number of para-hydroxylation sites is 2. The predicted molar refractivity (Wildman–Crippen MR) is 144 cm³/mol. The second-order valence-electron chi connectivity index (χ2n) is 7.45. The number of anilines is 2. The molecule has 0 aromatic heterocycles. The van der Waals surface area contributed by atoms with E-state index in [-0.39, 0.29) is 24.7 Å². The van der Waals surface area contributed by atoms with Gasteiger partial charge in [0.15, 0.2) is 0 Å². The van der Waals surface area contributed by atoms with Crippen LogP contribution >= 0.6 is 21.6 Å². The lowest BCUT2D eigenvalue weighted by molar-refractivity contribution is -0.118. The molecule has 2 amide bonds. The molecule has 2 unspecified atom stereocenters. The number of aliphatic hydroxyl groups is 2. The number of benzene rings is 2. The fraction of sp³-hybridized carbons (Fsp3) is 0.308. The van der Waals surface area contributed by atoms with E-state index in [1.807, 2.05) is 48.6 Å². The Morgan fingerprint density at radius 3 is 1.47 bits per heavy atom. The molecule has 0 saturated carbocycles. The monoisotopic (exact) mass is 500 g/mol. The minimum absolute atomic E-state index is 0.0272. The highest BCUT2D eigenvalue weighted by molar-refractivity contribution is 8.76. The summed E-state index contributed by atoms with van der Waals surface area (Å²) < 4.78 is 0. The Kier molecular flexibility index (Phi) is 13.9. The number of allylic oxidation sites excluding steroid dienone is 2. The zero-order valence-corrected chi connectivity index (χ0v) is 20.6. The smallest absolute Gasteiger partial charge is 0.227 e. The summed E-state index contributed by atoms with van der Waals surface area (Å²) in [5.74, 6) is 1.36. The molecule has 0 bridgehead atoms. The average Bonchev–Trinajstić information content (AvgIpc) is 2.81. The van der Waals surface area contributed by atoms with Gasteiger partial charge in [-0.05, 0) is 37.1 Å². The molecule has 0 heterocycles. The second kappa shape index (κ2) is 17.0. The van der Waals surface area contributed by atoms with Crippen molar-refractivity contribution in [1.29, 1.82) is 0 Å². The Morgan fingerprint density at radius 2 is 1.09 bits per heavy atom. The van der Waals surface area contributed by atoms with Gasteiger partial charge in [0.1, 0.15) is 0 Å². The molecule has 0 aliphatic heterocycles. The Morgan fingerprint density at radius 1 is 0.706 bits per heavy atom. The van der Waals surface area contributed by atoms with E-state index in [4.69, 9.17) is 0 Å². The number of hydrogen-bond acceptors (Lipinski definition) is 6. The van der Waals surface area contributed by atoms with Crippen LogP contribution in [0.4, 0.5) is 11.4 Å². The molecular formula is C26H32N2O4S2. The standard InChI is InChI=1S/C26H32N2O4S2/c29-23(19-25(31)27-21-11-3-1-4-12-21)15-7-9-17-33-34-18-10-8-16-24(30)20-26(32)28-22-13-5-2-6-14-22/h1-8,11-16,23-24,29-30H,9-10,17-20H2,(H,27,31)(H,28,32)/b15-7+,16-8+. The summed E-state index contributed by atoms with van der Waals surface area (Å²) in [6.07, 6.45) is 7.18. The SMILES string of the molecule is O=C(CC(O)/C=C/CCSSCC/C=C/C(O)CC(=O)Nc1ccccc1)Nc1ccccc1. The van der Waals surface area contributed by atoms with E-state index in [1.54, 1.807) is 58.0 Å². The first-order valence-electron chi connectivity index (χ1n) is 11.2. The van der Waals surface area contributed by atoms with Crippen LogP contribution in [0.5, 0.6) is 0 Å². The molecule has 2 atom stereocenters. The van der Waals surface area contributed by atoms with Crippen molar-refractivity contribution >= 4 is 44.8 Å². The fourth-order valence-corrected chi connectivity index (χ4v) is 4.82. The molecule has 2 aromatic carbocycles. The molecular weight excluding hydrogens is 468 g/mol. The van der Waals surface area contributed by atoms with Gasteiger partial charge in [0.05, 0.1) is 25.0 Å². The molecule has 0 aliphatic carbocycles. The number of hydrogen-bond donors (Lipinski definition) is 4. The fourth-order valence-electron chi connectivity index (χ4n) is 2.84. The number of rotatable bonds is 15. The minimum Gasteiger partial charge on any atom is -0.389 e. The third kappa shape index (κ3) is 13.3. The van der Waals surface area contributed by atoms with Crippen LogP contribution in [0.25, 0.3) is 0 Å². The molecule has 2 aromatic rings. The first-order valence-corrected chi connectivity index (χ1v) is 13.7. The molecule has 2 rings (SSSR count). The maximum atomic E-state index is 11.9. The lowest BCUT2D eigenvalue weighted by Crippen LogP contribution is -2.18. The van der Waals surface area contributed by atoms with Crippen molar-refractivity contribution in [3.8, 4) is 0 Å². The maximum absolute atomic E-state index is 11.9. The van der Waals surface area contributed by atoms with E-state index in [0.29, 0.717) is 0 Å². The zero-order valence-electron chi connectivity index (χ0n) is 19.0. The summed E-state index contributed by atoms with van der Waals surface area (Å²) in [6, 6.07) is 18.3. The predicted octanol–water partition coefficient (Wildman–Crippen LogP) is 5.04. The first-order chi connectivity index (χ1) is 16.5. The number of carbonyl (C=O) groups is 2. The van der Waals surface area contributed by atoms with Crippen molar-refractivity contribution in [2.24, 2.45) is 0 Å². The molecule has 4 N–H and O–H groups in total. The molecule has 8 heteroatoms. The summed E-state index contributed by atoms with van der Waals surface area (Å²) in [7, 11) is 3.47. The summed E-state index contributed by atoms with van der Waals surface area (Å²) in [5, 5.41) is 25.4. The first kappa shape index (κ1) is 27.7. The van der Waals surface area contributed by atoms with Crippen LogP contribution in [-0.4, -0.2) is 45.7 Å². The quantitative estimate of drug-likeness (QED) is 0.155.